The molecule has 1 amide bonds. The number of rotatable bonds is 3. The first-order valence-electron chi connectivity index (χ1n) is 8.35. The summed E-state index contributed by atoms with van der Waals surface area (Å²) in [6.07, 6.45) is -4.43. The highest BCUT2D eigenvalue weighted by Gasteiger charge is 2.42. The van der Waals surface area contributed by atoms with Crippen molar-refractivity contribution < 1.29 is 18.0 Å². The van der Waals surface area contributed by atoms with Crippen molar-refractivity contribution in [3.8, 4) is 0 Å². The zero-order valence-electron chi connectivity index (χ0n) is 14.0. The first-order valence-corrected chi connectivity index (χ1v) is 8.73. The van der Waals surface area contributed by atoms with E-state index in [-0.39, 0.29) is 31.8 Å². The normalized spacial score (nSPS) is 17.1. The van der Waals surface area contributed by atoms with Gasteiger partial charge in [-0.1, -0.05) is 11.6 Å². The van der Waals surface area contributed by atoms with Crippen LogP contribution in [0.15, 0.2) is 24.3 Å². The summed E-state index contributed by atoms with van der Waals surface area (Å²) in [7, 11) is 0. The fourth-order valence-corrected chi connectivity index (χ4v) is 3.46. The van der Waals surface area contributed by atoms with Gasteiger partial charge in [-0.15, -0.1) is 10.2 Å². The Morgan fingerprint density at radius 2 is 2.15 bits per heavy atom. The molecule has 0 unspecified atom stereocenters. The molecule has 0 aliphatic carbocycles. The largest absolute Gasteiger partial charge is 0.392 e. The molecule has 2 aromatic heterocycles. The van der Waals surface area contributed by atoms with E-state index in [0.29, 0.717) is 22.4 Å². The van der Waals surface area contributed by atoms with Crippen LogP contribution in [0.3, 0.4) is 0 Å². The van der Waals surface area contributed by atoms with E-state index < -0.39 is 12.1 Å². The number of nitrogens with zero attached hydrogens (tertiary/aromatic N) is 3. The molecule has 0 radical (unpaired) electrons. The van der Waals surface area contributed by atoms with Gasteiger partial charge in [-0.2, -0.15) is 13.2 Å². The molecule has 3 aromatic rings. The summed E-state index contributed by atoms with van der Waals surface area (Å²) in [6, 6.07) is 6.93. The summed E-state index contributed by atoms with van der Waals surface area (Å²) >= 11 is 5.94. The molecule has 142 valence electrons. The van der Waals surface area contributed by atoms with Crippen molar-refractivity contribution in [1.82, 2.24) is 25.1 Å². The molecule has 0 saturated heterocycles. The van der Waals surface area contributed by atoms with Crippen molar-refractivity contribution in [2.24, 2.45) is 5.92 Å². The van der Waals surface area contributed by atoms with E-state index in [0.717, 1.165) is 10.9 Å². The van der Waals surface area contributed by atoms with Crippen LogP contribution in [0.1, 0.15) is 28.6 Å². The van der Waals surface area contributed by atoms with E-state index >= 15 is 0 Å². The highest BCUT2D eigenvalue weighted by Crippen LogP contribution is 2.34. The van der Waals surface area contributed by atoms with E-state index in [1.54, 1.807) is 28.8 Å². The number of hydrogen-bond acceptors (Lipinski definition) is 3. The summed E-state index contributed by atoms with van der Waals surface area (Å²) < 4.78 is 40.3. The van der Waals surface area contributed by atoms with Crippen LogP contribution in [0.5, 0.6) is 0 Å². The standard InChI is InChI=1S/C17H15ClF3N5O/c18-11-1-2-12-9(5-11)6-13(23-12)16(27)22-8-15-25-24-14-7-10(17(19,20)21)3-4-26(14)15/h1-2,5-6,10,23H,3-4,7-8H2,(H,22,27)/t10-/m0/s1. The summed E-state index contributed by atoms with van der Waals surface area (Å²) in [4.78, 5) is 15.4. The van der Waals surface area contributed by atoms with Crippen LogP contribution in [0.2, 0.25) is 5.02 Å². The number of halogens is 4. The Labute approximate surface area is 156 Å². The fourth-order valence-electron chi connectivity index (χ4n) is 3.28. The average Bonchev–Trinajstić information content (AvgIpc) is 3.21. The zero-order chi connectivity index (χ0) is 19.2. The summed E-state index contributed by atoms with van der Waals surface area (Å²) in [5.41, 5.74) is 1.14. The minimum absolute atomic E-state index is 0.0156. The predicted octanol–water partition coefficient (Wildman–Crippen LogP) is 3.47. The Morgan fingerprint density at radius 1 is 1.33 bits per heavy atom. The molecule has 27 heavy (non-hydrogen) atoms. The molecular weight excluding hydrogens is 383 g/mol. The molecule has 1 atom stereocenters. The Bertz CT molecular complexity index is 1010. The Kier molecular flexibility index (Phi) is 4.33. The molecule has 0 fully saturated rings. The molecule has 3 heterocycles. The van der Waals surface area contributed by atoms with Gasteiger partial charge in [-0.05, 0) is 30.7 Å². The number of carbonyl (C=O) groups is 1. The molecular formula is C17H15ClF3N5O. The van der Waals surface area contributed by atoms with Crippen molar-refractivity contribution in [2.45, 2.75) is 32.1 Å². The van der Waals surface area contributed by atoms with Crippen molar-refractivity contribution in [3.05, 3.63) is 46.6 Å². The predicted molar refractivity (Wildman–Crippen MR) is 92.4 cm³/mol. The van der Waals surface area contributed by atoms with Gasteiger partial charge in [0.1, 0.15) is 11.5 Å². The molecule has 0 spiro atoms. The second kappa shape index (κ2) is 6.56. The maximum absolute atomic E-state index is 12.9. The summed E-state index contributed by atoms with van der Waals surface area (Å²) in [5.74, 6) is -0.996. The molecule has 10 heteroatoms. The van der Waals surface area contributed by atoms with Gasteiger partial charge in [0.2, 0.25) is 0 Å². The molecule has 1 aliphatic heterocycles. The Balaban J connectivity index is 1.45. The third-order valence-corrected chi connectivity index (χ3v) is 4.97. The number of nitrogens with one attached hydrogen (secondary N) is 2. The van der Waals surface area contributed by atoms with Gasteiger partial charge in [0.15, 0.2) is 5.82 Å². The lowest BCUT2D eigenvalue weighted by Gasteiger charge is -2.25. The smallest absolute Gasteiger partial charge is 0.351 e. The fraction of sp³-hybridized carbons (Fsp3) is 0.353. The minimum atomic E-state index is -4.23. The first-order chi connectivity index (χ1) is 12.8. The summed E-state index contributed by atoms with van der Waals surface area (Å²) in [5, 5.41) is 11.9. The number of benzene rings is 1. The third-order valence-electron chi connectivity index (χ3n) is 4.73. The molecule has 4 rings (SSSR count). The zero-order valence-corrected chi connectivity index (χ0v) is 14.7. The molecule has 1 aromatic carbocycles. The minimum Gasteiger partial charge on any atom is -0.351 e. The van der Waals surface area contributed by atoms with Gasteiger partial charge >= 0.3 is 6.18 Å². The van der Waals surface area contributed by atoms with E-state index in [9.17, 15) is 18.0 Å². The lowest BCUT2D eigenvalue weighted by molar-refractivity contribution is -0.179. The van der Waals surface area contributed by atoms with E-state index in [4.69, 9.17) is 11.6 Å². The van der Waals surface area contributed by atoms with Gasteiger partial charge < -0.3 is 14.9 Å². The van der Waals surface area contributed by atoms with Crippen LogP contribution in [0.4, 0.5) is 13.2 Å². The number of aromatic nitrogens is 4. The van der Waals surface area contributed by atoms with Crippen LogP contribution < -0.4 is 5.32 Å². The van der Waals surface area contributed by atoms with Crippen LogP contribution in [0.25, 0.3) is 10.9 Å². The summed E-state index contributed by atoms with van der Waals surface area (Å²) in [6.45, 7) is 0.265. The Hall–Kier alpha value is -2.55. The van der Waals surface area contributed by atoms with Gasteiger partial charge in [0.25, 0.3) is 5.91 Å². The molecule has 1 aliphatic rings. The molecule has 0 saturated carbocycles. The first kappa shape index (κ1) is 17.8. The van der Waals surface area contributed by atoms with Crippen molar-refractivity contribution in [1.29, 1.82) is 0 Å². The van der Waals surface area contributed by atoms with Crippen molar-refractivity contribution in [3.63, 3.8) is 0 Å². The number of alkyl halides is 3. The highest BCUT2D eigenvalue weighted by molar-refractivity contribution is 6.31. The Morgan fingerprint density at radius 3 is 2.93 bits per heavy atom. The lowest BCUT2D eigenvalue weighted by Crippen LogP contribution is -2.32. The van der Waals surface area contributed by atoms with E-state index in [2.05, 4.69) is 20.5 Å². The third kappa shape index (κ3) is 3.51. The van der Waals surface area contributed by atoms with Gasteiger partial charge in [0, 0.05) is 28.9 Å². The highest BCUT2D eigenvalue weighted by atomic mass is 35.5. The number of H-pyrrole nitrogens is 1. The molecule has 6 nitrogen and oxygen atoms in total. The number of hydrogen-bond donors (Lipinski definition) is 2. The van der Waals surface area contributed by atoms with Crippen LogP contribution >= 0.6 is 11.6 Å². The monoisotopic (exact) mass is 397 g/mol. The van der Waals surface area contributed by atoms with Crippen LogP contribution in [-0.4, -0.2) is 31.8 Å². The number of aromatic amines is 1. The topological polar surface area (TPSA) is 75.6 Å². The van der Waals surface area contributed by atoms with Crippen LogP contribution in [-0.2, 0) is 19.5 Å². The second-order valence-corrected chi connectivity index (χ2v) is 6.95. The van der Waals surface area contributed by atoms with Crippen molar-refractivity contribution in [2.75, 3.05) is 0 Å². The molecule has 0 bridgehead atoms. The number of fused-ring (bicyclic) bond motifs is 2. The van der Waals surface area contributed by atoms with Gasteiger partial charge in [0.05, 0.1) is 12.5 Å². The SMILES string of the molecule is O=C(NCc1nnc2n1CC[C@H](C(F)(F)F)C2)c1cc2cc(Cl)ccc2[nH]1. The number of amides is 1. The lowest BCUT2D eigenvalue weighted by atomic mass is 9.97. The van der Waals surface area contributed by atoms with E-state index in [1.807, 2.05) is 0 Å². The quantitative estimate of drug-likeness (QED) is 0.710. The van der Waals surface area contributed by atoms with Gasteiger partial charge in [-0.25, -0.2) is 0 Å². The van der Waals surface area contributed by atoms with Gasteiger partial charge in [-0.3, -0.25) is 4.79 Å². The maximum atomic E-state index is 12.9. The van der Waals surface area contributed by atoms with Crippen molar-refractivity contribution >= 4 is 28.4 Å². The van der Waals surface area contributed by atoms with Crippen LogP contribution in [0, 0.1) is 5.92 Å². The second-order valence-electron chi connectivity index (χ2n) is 6.51. The molecule has 2 N–H and O–H groups in total. The number of carbonyl (C=O) groups excluding carboxylic acids is 1. The maximum Gasteiger partial charge on any atom is 0.392 e. The van der Waals surface area contributed by atoms with E-state index in [1.165, 1.54) is 0 Å². The average molecular weight is 398 g/mol.